The number of hydrogen-bond acceptors (Lipinski definition) is 4. The van der Waals surface area contributed by atoms with Crippen molar-refractivity contribution < 1.29 is 30.7 Å². The number of alkyl halides is 3. The number of rotatable bonds is 5. The highest BCUT2D eigenvalue weighted by molar-refractivity contribution is 7.89. The third-order valence-electron chi connectivity index (χ3n) is 5.22. The monoisotopic (exact) mass is 494 g/mol. The minimum Gasteiger partial charge on any atom is -0.406 e. The molecule has 2 aromatic carbocycles. The first-order valence-electron chi connectivity index (χ1n) is 9.77. The maximum Gasteiger partial charge on any atom is 0.573 e. The molecule has 0 radical (unpaired) electrons. The average Bonchev–Trinajstić information content (AvgIpc) is 3.06. The highest BCUT2D eigenvalue weighted by Crippen LogP contribution is 2.39. The standard InChI is InChI=1S/C21H23ClF4N2O3S/c1-20(2,3)28-11-10-18(19(28)13-4-9-16(22)17(23)12-13)27-32(29,30)15-7-5-14(6-8-15)31-21(24,25)26/h4-9,12,18-19,27H,10-11H2,1-3H3. The van der Waals surface area contributed by atoms with E-state index in [1.807, 2.05) is 20.8 Å². The van der Waals surface area contributed by atoms with Crippen molar-refractivity contribution in [2.24, 2.45) is 0 Å². The first-order chi connectivity index (χ1) is 14.7. The Bertz CT molecular complexity index is 1070. The minimum atomic E-state index is -4.88. The Hall–Kier alpha value is -1.88. The first-order valence-corrected chi connectivity index (χ1v) is 11.6. The molecule has 5 nitrogen and oxygen atoms in total. The summed E-state index contributed by atoms with van der Waals surface area (Å²) in [6.07, 6.45) is -4.42. The minimum absolute atomic E-state index is 0.0349. The van der Waals surface area contributed by atoms with Crippen LogP contribution in [0.5, 0.6) is 5.75 Å². The van der Waals surface area contributed by atoms with Crippen LogP contribution < -0.4 is 9.46 Å². The van der Waals surface area contributed by atoms with Gasteiger partial charge in [-0.15, -0.1) is 13.2 Å². The fraction of sp³-hybridized carbons (Fsp3) is 0.429. The van der Waals surface area contributed by atoms with Gasteiger partial charge in [0.15, 0.2) is 0 Å². The Morgan fingerprint density at radius 2 is 1.72 bits per heavy atom. The third kappa shape index (κ3) is 5.72. The van der Waals surface area contributed by atoms with Gasteiger partial charge in [-0.25, -0.2) is 17.5 Å². The molecule has 0 spiro atoms. The Morgan fingerprint density at radius 3 is 2.25 bits per heavy atom. The van der Waals surface area contributed by atoms with Gasteiger partial charge in [-0.3, -0.25) is 4.90 Å². The molecule has 0 saturated carbocycles. The van der Waals surface area contributed by atoms with Crippen molar-refractivity contribution in [1.82, 2.24) is 9.62 Å². The van der Waals surface area contributed by atoms with Gasteiger partial charge < -0.3 is 4.74 Å². The first kappa shape index (κ1) is 24.8. The lowest BCUT2D eigenvalue weighted by molar-refractivity contribution is -0.274. The lowest BCUT2D eigenvalue weighted by Gasteiger charge is -2.39. The number of benzene rings is 2. The summed E-state index contributed by atoms with van der Waals surface area (Å²) in [5.74, 6) is -1.13. The molecule has 2 atom stereocenters. The van der Waals surface area contributed by atoms with Gasteiger partial charge in [0.05, 0.1) is 16.0 Å². The molecule has 1 heterocycles. The number of nitrogens with zero attached hydrogens (tertiary/aromatic N) is 1. The van der Waals surface area contributed by atoms with E-state index in [1.54, 1.807) is 6.07 Å². The van der Waals surface area contributed by atoms with Crippen molar-refractivity contribution in [3.8, 4) is 5.75 Å². The van der Waals surface area contributed by atoms with Gasteiger partial charge in [-0.2, -0.15) is 0 Å². The highest BCUT2D eigenvalue weighted by Gasteiger charge is 2.42. The molecule has 1 fully saturated rings. The van der Waals surface area contributed by atoms with Gasteiger partial charge in [0.2, 0.25) is 10.0 Å². The molecule has 176 valence electrons. The maximum absolute atomic E-state index is 14.2. The predicted molar refractivity (Wildman–Crippen MR) is 112 cm³/mol. The van der Waals surface area contributed by atoms with Crippen molar-refractivity contribution in [2.45, 2.75) is 56.1 Å². The second-order valence-electron chi connectivity index (χ2n) is 8.52. The maximum atomic E-state index is 14.2. The van der Waals surface area contributed by atoms with E-state index in [0.717, 1.165) is 24.3 Å². The Kier molecular flexibility index (Phi) is 6.82. The fourth-order valence-electron chi connectivity index (χ4n) is 3.86. The molecule has 0 aliphatic carbocycles. The van der Waals surface area contributed by atoms with Crippen LogP contribution in [0.3, 0.4) is 0 Å². The third-order valence-corrected chi connectivity index (χ3v) is 7.03. The lowest BCUT2D eigenvalue weighted by atomic mass is 9.97. The van der Waals surface area contributed by atoms with Crippen molar-refractivity contribution in [2.75, 3.05) is 6.54 Å². The molecular formula is C21H23ClF4N2O3S. The second kappa shape index (κ2) is 8.81. The summed E-state index contributed by atoms with van der Waals surface area (Å²) in [5.41, 5.74) is 0.235. The molecule has 2 aromatic rings. The van der Waals surface area contributed by atoms with E-state index in [4.69, 9.17) is 11.6 Å². The molecule has 1 N–H and O–H groups in total. The van der Waals surface area contributed by atoms with Gasteiger partial charge in [0.1, 0.15) is 11.6 Å². The molecule has 0 aromatic heterocycles. The largest absolute Gasteiger partial charge is 0.573 e. The smallest absolute Gasteiger partial charge is 0.406 e. The summed E-state index contributed by atoms with van der Waals surface area (Å²) in [6, 6.07) is 7.26. The molecule has 11 heteroatoms. The van der Waals surface area contributed by atoms with Crippen LogP contribution in [0.15, 0.2) is 47.4 Å². The summed E-state index contributed by atoms with van der Waals surface area (Å²) < 4.78 is 83.5. The van der Waals surface area contributed by atoms with Crippen LogP contribution >= 0.6 is 11.6 Å². The lowest BCUT2D eigenvalue weighted by Crippen LogP contribution is -2.45. The summed E-state index contributed by atoms with van der Waals surface area (Å²) in [6.45, 7) is 6.48. The second-order valence-corrected chi connectivity index (χ2v) is 10.6. The van der Waals surface area contributed by atoms with E-state index < -0.39 is 40.0 Å². The Balaban J connectivity index is 1.89. The van der Waals surface area contributed by atoms with E-state index in [1.165, 1.54) is 12.1 Å². The van der Waals surface area contributed by atoms with E-state index in [0.29, 0.717) is 18.5 Å². The molecule has 1 aliphatic rings. The van der Waals surface area contributed by atoms with E-state index in [2.05, 4.69) is 14.4 Å². The van der Waals surface area contributed by atoms with Crippen LogP contribution in [0, 0.1) is 5.82 Å². The molecule has 0 amide bonds. The quantitative estimate of drug-likeness (QED) is 0.575. The van der Waals surface area contributed by atoms with Crippen LogP contribution in [0.25, 0.3) is 0 Å². The molecule has 1 saturated heterocycles. The van der Waals surface area contributed by atoms with Crippen LogP contribution in [0.1, 0.15) is 38.8 Å². The van der Waals surface area contributed by atoms with Gasteiger partial charge in [-0.05, 0) is 69.2 Å². The predicted octanol–water partition coefficient (Wildman–Crippen LogP) is 5.27. The van der Waals surface area contributed by atoms with Gasteiger partial charge in [0, 0.05) is 18.1 Å². The Labute approximate surface area is 189 Å². The van der Waals surface area contributed by atoms with Gasteiger partial charge in [0.25, 0.3) is 0 Å². The van der Waals surface area contributed by atoms with Gasteiger partial charge >= 0.3 is 6.36 Å². The molecule has 3 rings (SSSR count). The van der Waals surface area contributed by atoms with E-state index >= 15 is 0 Å². The molecule has 0 bridgehead atoms. The number of ether oxygens (including phenoxy) is 1. The topological polar surface area (TPSA) is 58.6 Å². The average molecular weight is 495 g/mol. The van der Waals surface area contributed by atoms with Crippen molar-refractivity contribution in [3.63, 3.8) is 0 Å². The highest BCUT2D eigenvalue weighted by atomic mass is 35.5. The number of sulfonamides is 1. The zero-order valence-corrected chi connectivity index (χ0v) is 19.2. The molecular weight excluding hydrogens is 472 g/mol. The summed E-state index contributed by atoms with van der Waals surface area (Å²) in [5, 5.41) is -0.0349. The van der Waals surface area contributed by atoms with Crippen molar-refractivity contribution in [3.05, 3.63) is 58.9 Å². The van der Waals surface area contributed by atoms with E-state index in [-0.39, 0.29) is 15.5 Å². The van der Waals surface area contributed by atoms with Gasteiger partial charge in [-0.1, -0.05) is 17.7 Å². The summed E-state index contributed by atoms with van der Waals surface area (Å²) in [7, 11) is -4.07. The zero-order valence-electron chi connectivity index (χ0n) is 17.6. The molecule has 1 aliphatic heterocycles. The zero-order chi connectivity index (χ0) is 23.9. The number of halogens is 5. The van der Waals surface area contributed by atoms with E-state index in [9.17, 15) is 26.0 Å². The normalized spacial score (nSPS) is 20.5. The Morgan fingerprint density at radius 1 is 1.09 bits per heavy atom. The van der Waals surface area contributed by atoms with Crippen molar-refractivity contribution >= 4 is 21.6 Å². The fourth-order valence-corrected chi connectivity index (χ4v) is 5.26. The summed E-state index contributed by atoms with van der Waals surface area (Å²) in [4.78, 5) is 1.87. The van der Waals surface area contributed by atoms with Crippen LogP contribution in [-0.2, 0) is 10.0 Å². The van der Waals surface area contributed by atoms with Crippen LogP contribution in [-0.4, -0.2) is 37.8 Å². The SMILES string of the molecule is CC(C)(C)N1CCC(NS(=O)(=O)c2ccc(OC(F)(F)F)cc2)C1c1ccc(Cl)c(F)c1. The summed E-state index contributed by atoms with van der Waals surface area (Å²) >= 11 is 5.81. The number of hydrogen-bond donors (Lipinski definition) is 1. The molecule has 2 unspecified atom stereocenters. The number of likely N-dealkylation sites (tertiary alicyclic amines) is 1. The van der Waals surface area contributed by atoms with Crippen LogP contribution in [0.2, 0.25) is 5.02 Å². The molecule has 32 heavy (non-hydrogen) atoms. The van der Waals surface area contributed by atoms with Crippen LogP contribution in [0.4, 0.5) is 17.6 Å². The van der Waals surface area contributed by atoms with Crippen molar-refractivity contribution in [1.29, 1.82) is 0 Å². The number of nitrogens with one attached hydrogen (secondary N) is 1.